The summed E-state index contributed by atoms with van der Waals surface area (Å²) in [4.78, 5) is 12.3. The Kier molecular flexibility index (Phi) is 5.96. The predicted octanol–water partition coefficient (Wildman–Crippen LogP) is 4.44. The molecule has 2 N–H and O–H groups in total. The molecule has 1 aromatic carbocycles. The largest absolute Gasteiger partial charge is 0.352 e. The van der Waals surface area contributed by atoms with E-state index in [4.69, 9.17) is 0 Å². The molecule has 1 aliphatic carbocycles. The van der Waals surface area contributed by atoms with Crippen LogP contribution < -0.4 is 10.6 Å². The highest BCUT2D eigenvalue weighted by Gasteiger charge is 2.22. The van der Waals surface area contributed by atoms with E-state index in [9.17, 15) is 4.79 Å². The van der Waals surface area contributed by atoms with Crippen LogP contribution in [0.15, 0.2) is 22.5 Å². The molecule has 0 radical (unpaired) electrons. The van der Waals surface area contributed by atoms with Crippen LogP contribution in [0.3, 0.4) is 0 Å². The van der Waals surface area contributed by atoms with Gasteiger partial charge >= 0.3 is 0 Å². The number of hydrogen-bond donors (Lipinski definition) is 2. The summed E-state index contributed by atoms with van der Waals surface area (Å²) in [6.07, 6.45) is 4.64. The third-order valence-corrected chi connectivity index (χ3v) is 6.54. The average molecular weight is 377 g/mol. The van der Waals surface area contributed by atoms with Crippen LogP contribution in [0.4, 0.5) is 10.8 Å². The van der Waals surface area contributed by atoms with Gasteiger partial charge in [-0.2, -0.15) is 0 Å². The number of carbonyl (C=O) groups excluding carboxylic acids is 1. The van der Waals surface area contributed by atoms with Crippen molar-refractivity contribution in [2.45, 2.75) is 62.1 Å². The molecule has 1 atom stereocenters. The van der Waals surface area contributed by atoms with Gasteiger partial charge in [-0.25, -0.2) is 0 Å². The average Bonchev–Trinajstić information content (AvgIpc) is 3.23. The molecule has 134 valence electrons. The number of benzene rings is 1. The predicted molar refractivity (Wildman–Crippen MR) is 105 cm³/mol. The van der Waals surface area contributed by atoms with Crippen LogP contribution in [0.5, 0.6) is 0 Å². The van der Waals surface area contributed by atoms with Crippen LogP contribution in [0.25, 0.3) is 0 Å². The normalized spacial score (nSPS) is 16.0. The van der Waals surface area contributed by atoms with E-state index in [0.717, 1.165) is 28.0 Å². The fraction of sp³-hybridized carbons (Fsp3) is 0.500. The minimum absolute atomic E-state index is 0.0933. The highest BCUT2D eigenvalue weighted by Crippen LogP contribution is 2.31. The Morgan fingerprint density at radius 3 is 2.72 bits per heavy atom. The third kappa shape index (κ3) is 4.95. The van der Waals surface area contributed by atoms with E-state index >= 15 is 0 Å². The minimum Gasteiger partial charge on any atom is -0.352 e. The maximum Gasteiger partial charge on any atom is 0.233 e. The second kappa shape index (κ2) is 8.19. The lowest BCUT2D eigenvalue weighted by molar-refractivity contribution is -0.120. The lowest BCUT2D eigenvalue weighted by Gasteiger charge is -2.15. The van der Waals surface area contributed by atoms with Gasteiger partial charge in [-0.3, -0.25) is 4.79 Å². The van der Waals surface area contributed by atoms with E-state index in [1.54, 1.807) is 0 Å². The molecular weight excluding hydrogens is 352 g/mol. The SMILES string of the molecule is Cc1ccc(Nc2nnc(S[C@@H](C)C(=O)NC3CCCC3)s2)cc1C. The summed E-state index contributed by atoms with van der Waals surface area (Å²) in [6.45, 7) is 6.11. The van der Waals surface area contributed by atoms with Crippen molar-refractivity contribution in [3.05, 3.63) is 29.3 Å². The Hall–Kier alpha value is -1.60. The number of rotatable bonds is 6. The van der Waals surface area contributed by atoms with E-state index in [-0.39, 0.29) is 11.2 Å². The maximum atomic E-state index is 12.3. The summed E-state index contributed by atoms with van der Waals surface area (Å²) in [5.41, 5.74) is 3.50. The molecule has 0 spiro atoms. The summed E-state index contributed by atoms with van der Waals surface area (Å²) < 4.78 is 0.806. The molecule has 5 nitrogen and oxygen atoms in total. The first-order valence-corrected chi connectivity index (χ1v) is 10.4. The highest BCUT2D eigenvalue weighted by molar-refractivity contribution is 8.02. The first kappa shape index (κ1) is 18.2. The molecule has 2 aromatic rings. The molecule has 1 amide bonds. The summed E-state index contributed by atoms with van der Waals surface area (Å²) >= 11 is 2.94. The first-order valence-electron chi connectivity index (χ1n) is 8.66. The lowest BCUT2D eigenvalue weighted by Crippen LogP contribution is -2.37. The van der Waals surface area contributed by atoms with Crippen LogP contribution in [0.2, 0.25) is 0 Å². The highest BCUT2D eigenvalue weighted by atomic mass is 32.2. The van der Waals surface area contributed by atoms with E-state index in [2.05, 4.69) is 46.8 Å². The van der Waals surface area contributed by atoms with E-state index < -0.39 is 0 Å². The van der Waals surface area contributed by atoms with Gasteiger partial charge in [-0.15, -0.1) is 10.2 Å². The number of anilines is 2. The van der Waals surface area contributed by atoms with E-state index in [1.807, 2.05) is 13.0 Å². The van der Waals surface area contributed by atoms with Gasteiger partial charge in [0.05, 0.1) is 5.25 Å². The molecule has 1 saturated carbocycles. The van der Waals surface area contributed by atoms with Crippen LogP contribution in [-0.4, -0.2) is 27.4 Å². The molecular formula is C18H24N4OS2. The number of nitrogens with zero attached hydrogens (tertiary/aromatic N) is 2. The molecule has 1 aromatic heterocycles. The quantitative estimate of drug-likeness (QED) is 0.730. The number of carbonyl (C=O) groups is 1. The van der Waals surface area contributed by atoms with Crippen molar-refractivity contribution in [2.75, 3.05) is 5.32 Å². The topological polar surface area (TPSA) is 66.9 Å². The first-order chi connectivity index (χ1) is 12.0. The van der Waals surface area contributed by atoms with E-state index in [0.29, 0.717) is 6.04 Å². The van der Waals surface area contributed by atoms with Crippen molar-refractivity contribution >= 4 is 39.8 Å². The second-order valence-electron chi connectivity index (χ2n) is 6.55. The van der Waals surface area contributed by atoms with Gasteiger partial charge in [0.2, 0.25) is 11.0 Å². The second-order valence-corrected chi connectivity index (χ2v) is 9.11. The number of nitrogens with one attached hydrogen (secondary N) is 2. The molecule has 3 rings (SSSR count). The Morgan fingerprint density at radius 1 is 1.24 bits per heavy atom. The standard InChI is InChI=1S/C18H24N4OS2/c1-11-8-9-15(10-12(11)2)20-17-21-22-18(25-17)24-13(3)16(23)19-14-6-4-5-7-14/h8-10,13-14H,4-7H2,1-3H3,(H,19,23)(H,20,21)/t13-/m0/s1. The van der Waals surface area contributed by atoms with Gasteiger partial charge in [0.15, 0.2) is 4.34 Å². The van der Waals surface area contributed by atoms with Gasteiger partial charge in [0.25, 0.3) is 0 Å². The van der Waals surface area contributed by atoms with Crippen molar-refractivity contribution in [3.63, 3.8) is 0 Å². The van der Waals surface area contributed by atoms with Crippen molar-refractivity contribution < 1.29 is 4.79 Å². The van der Waals surface area contributed by atoms with Crippen molar-refractivity contribution in [2.24, 2.45) is 0 Å². The zero-order valence-electron chi connectivity index (χ0n) is 14.8. The fourth-order valence-electron chi connectivity index (χ4n) is 2.84. The maximum absolute atomic E-state index is 12.3. The fourth-order valence-corrected chi connectivity index (χ4v) is 4.77. The van der Waals surface area contributed by atoms with E-state index in [1.165, 1.54) is 47.1 Å². The Balaban J connectivity index is 1.55. The Bertz CT molecular complexity index is 740. The molecule has 0 bridgehead atoms. The Morgan fingerprint density at radius 2 is 2.00 bits per heavy atom. The van der Waals surface area contributed by atoms with Crippen molar-refractivity contribution in [1.29, 1.82) is 0 Å². The summed E-state index contributed by atoms with van der Waals surface area (Å²) in [5.74, 6) is 0.0933. The number of hydrogen-bond acceptors (Lipinski definition) is 6. The number of thioether (sulfide) groups is 1. The summed E-state index contributed by atoms with van der Waals surface area (Å²) in [5, 5.41) is 15.4. The Labute approximate surface area is 157 Å². The number of amides is 1. The molecule has 0 aliphatic heterocycles. The molecule has 7 heteroatoms. The van der Waals surface area contributed by atoms with Gasteiger partial charge in [0.1, 0.15) is 0 Å². The van der Waals surface area contributed by atoms with Crippen LogP contribution in [-0.2, 0) is 4.79 Å². The lowest BCUT2D eigenvalue weighted by atomic mass is 10.1. The zero-order chi connectivity index (χ0) is 17.8. The molecule has 0 unspecified atom stereocenters. The van der Waals surface area contributed by atoms with Crippen molar-refractivity contribution in [1.82, 2.24) is 15.5 Å². The molecule has 1 fully saturated rings. The molecule has 1 aliphatic rings. The van der Waals surface area contributed by atoms with Crippen LogP contribution in [0.1, 0.15) is 43.7 Å². The monoisotopic (exact) mass is 376 g/mol. The summed E-state index contributed by atoms with van der Waals surface area (Å²) in [6, 6.07) is 6.58. The molecule has 1 heterocycles. The van der Waals surface area contributed by atoms with Crippen molar-refractivity contribution in [3.8, 4) is 0 Å². The molecule has 0 saturated heterocycles. The van der Waals surface area contributed by atoms with Crippen LogP contribution >= 0.6 is 23.1 Å². The van der Waals surface area contributed by atoms with Gasteiger partial charge in [-0.05, 0) is 56.9 Å². The van der Waals surface area contributed by atoms with Gasteiger partial charge in [-0.1, -0.05) is 42.0 Å². The van der Waals surface area contributed by atoms with Gasteiger partial charge < -0.3 is 10.6 Å². The smallest absolute Gasteiger partial charge is 0.233 e. The number of aryl methyl sites for hydroxylation is 2. The third-order valence-electron chi connectivity index (χ3n) is 4.51. The van der Waals surface area contributed by atoms with Crippen LogP contribution in [0, 0.1) is 13.8 Å². The summed E-state index contributed by atoms with van der Waals surface area (Å²) in [7, 11) is 0. The zero-order valence-corrected chi connectivity index (χ0v) is 16.5. The molecule has 25 heavy (non-hydrogen) atoms. The van der Waals surface area contributed by atoms with Gasteiger partial charge in [0, 0.05) is 11.7 Å². The number of aromatic nitrogens is 2. The minimum atomic E-state index is -0.164.